The van der Waals surface area contributed by atoms with E-state index in [1.807, 2.05) is 47.0 Å². The minimum atomic E-state index is -1.05. The van der Waals surface area contributed by atoms with Gasteiger partial charge in [0.05, 0.1) is 31.7 Å². The topological polar surface area (TPSA) is 156 Å². The number of fused-ring (bicyclic) bond motifs is 3. The molecule has 17 heteroatoms. The van der Waals surface area contributed by atoms with Crippen LogP contribution in [0.15, 0.2) is 72.5 Å². The Balaban J connectivity index is 0.793. The Labute approximate surface area is 342 Å². The van der Waals surface area contributed by atoms with Crippen molar-refractivity contribution in [3.8, 4) is 11.1 Å². The van der Waals surface area contributed by atoms with Gasteiger partial charge in [0.2, 0.25) is 5.91 Å². The number of urea groups is 1. The summed E-state index contributed by atoms with van der Waals surface area (Å²) < 4.78 is 17.9. The molecule has 7 heterocycles. The highest BCUT2D eigenvalue weighted by Gasteiger charge is 2.42. The van der Waals surface area contributed by atoms with E-state index in [2.05, 4.69) is 30.4 Å². The summed E-state index contributed by atoms with van der Waals surface area (Å²) >= 11 is 1.28. The molecule has 3 aromatic carbocycles. The molecule has 1 unspecified atom stereocenters. The summed E-state index contributed by atoms with van der Waals surface area (Å²) in [6.07, 6.45) is 5.11. The Morgan fingerprint density at radius 3 is 2.46 bits per heavy atom. The summed E-state index contributed by atoms with van der Waals surface area (Å²) in [4.78, 5) is 79.9. The number of carbonyl (C=O) groups is 5. The molecule has 5 aromatic rings. The van der Waals surface area contributed by atoms with Crippen LogP contribution in [0.1, 0.15) is 67.7 Å². The van der Waals surface area contributed by atoms with Gasteiger partial charge in [0.15, 0.2) is 11.2 Å². The molecule has 2 N–H and O–H groups in total. The maximum absolute atomic E-state index is 15.9. The highest BCUT2D eigenvalue weighted by atomic mass is 32.1. The number of rotatable bonds is 9. The Morgan fingerprint density at radius 2 is 1.68 bits per heavy atom. The lowest BCUT2D eigenvalue weighted by molar-refractivity contribution is -0.123. The molecule has 2 saturated heterocycles. The van der Waals surface area contributed by atoms with Gasteiger partial charge >= 0.3 is 6.03 Å². The summed E-state index contributed by atoms with van der Waals surface area (Å²) in [7, 11) is 0. The summed E-state index contributed by atoms with van der Waals surface area (Å²) in [6, 6.07) is 15.3. The summed E-state index contributed by atoms with van der Waals surface area (Å²) in [5.41, 5.74) is 6.81. The van der Waals surface area contributed by atoms with E-state index in [-0.39, 0.29) is 49.0 Å². The van der Waals surface area contributed by atoms with Crippen LogP contribution in [0.25, 0.3) is 11.1 Å². The van der Waals surface area contributed by atoms with E-state index < -0.39 is 29.7 Å². The van der Waals surface area contributed by atoms with Gasteiger partial charge in [-0.2, -0.15) is 0 Å². The fraction of sp³-hybridized carbons (Fsp3) is 0.310. The van der Waals surface area contributed by atoms with Gasteiger partial charge < -0.3 is 14.4 Å². The number of amides is 6. The van der Waals surface area contributed by atoms with Crippen LogP contribution in [-0.2, 0) is 42.2 Å². The van der Waals surface area contributed by atoms with E-state index in [9.17, 15) is 24.0 Å². The number of carbonyl (C=O) groups excluding carboxylic acids is 5. The van der Waals surface area contributed by atoms with Crippen molar-refractivity contribution in [2.45, 2.75) is 51.5 Å². The first-order valence-electron chi connectivity index (χ1n) is 19.7. The van der Waals surface area contributed by atoms with Crippen LogP contribution in [0.4, 0.5) is 20.0 Å². The average Bonchev–Trinajstić information content (AvgIpc) is 4.08. The monoisotopic (exact) mass is 814 g/mol. The van der Waals surface area contributed by atoms with Gasteiger partial charge in [0.25, 0.3) is 17.7 Å². The Morgan fingerprint density at radius 1 is 0.847 bits per heavy atom. The van der Waals surface area contributed by atoms with Crippen LogP contribution < -0.4 is 15.5 Å². The predicted molar refractivity (Wildman–Crippen MR) is 214 cm³/mol. The van der Waals surface area contributed by atoms with E-state index in [0.717, 1.165) is 73.6 Å². The second kappa shape index (κ2) is 14.7. The van der Waals surface area contributed by atoms with Gasteiger partial charge in [-0.15, -0.1) is 11.3 Å². The van der Waals surface area contributed by atoms with Crippen LogP contribution in [-0.4, -0.2) is 96.7 Å². The first-order valence-corrected chi connectivity index (χ1v) is 20.6. The van der Waals surface area contributed by atoms with Crippen molar-refractivity contribution in [1.82, 2.24) is 39.7 Å². The zero-order valence-corrected chi connectivity index (χ0v) is 32.7. The molecule has 0 radical (unpaired) electrons. The minimum absolute atomic E-state index is 0.0545. The Bertz CT molecular complexity index is 2530. The summed E-state index contributed by atoms with van der Waals surface area (Å²) in [5.74, 6) is -1.95. The number of hydrogen-bond acceptors (Lipinski definition) is 10. The zero-order chi connectivity index (χ0) is 40.4. The number of hydrazine groups is 1. The molecule has 6 amide bonds. The number of aromatic nitrogens is 3. The molecule has 5 aliphatic heterocycles. The second-order valence-corrected chi connectivity index (χ2v) is 16.3. The maximum atomic E-state index is 15.9. The molecule has 300 valence electrons. The molecule has 5 aliphatic rings. The van der Waals surface area contributed by atoms with E-state index >= 15 is 4.39 Å². The van der Waals surface area contributed by atoms with Crippen LogP contribution in [0.5, 0.6) is 0 Å². The highest BCUT2D eigenvalue weighted by Crippen LogP contribution is 2.38. The van der Waals surface area contributed by atoms with Gasteiger partial charge in [-0.3, -0.25) is 34.7 Å². The van der Waals surface area contributed by atoms with Crippen molar-refractivity contribution in [3.05, 3.63) is 118 Å². The second-order valence-electron chi connectivity index (χ2n) is 15.4. The lowest BCUT2D eigenvalue weighted by Gasteiger charge is -2.36. The predicted octanol–water partition coefficient (Wildman–Crippen LogP) is 4.56. The first-order chi connectivity index (χ1) is 28.7. The van der Waals surface area contributed by atoms with Gasteiger partial charge in [0.1, 0.15) is 5.82 Å². The average molecular weight is 815 g/mol. The largest absolute Gasteiger partial charge is 0.369 e. The van der Waals surface area contributed by atoms with Crippen LogP contribution in [0.3, 0.4) is 0 Å². The van der Waals surface area contributed by atoms with Gasteiger partial charge in [0, 0.05) is 85.3 Å². The number of imidazole rings is 1. The molecule has 0 saturated carbocycles. The number of benzene rings is 3. The normalized spacial score (nSPS) is 18.3. The number of anilines is 2. The smallest absolute Gasteiger partial charge is 0.342 e. The SMILES string of the molecule is O=C1CCN(N2Cc3cc(CN4CCN(c5ccc(-c6cc(F)c7c(c6)C(=O)N(C(C(=O)Nc6nccs6)c6ncn8c6CCC8)C7)cc5)CC4)ccc3C2=O)C(=O)N1. The molecule has 59 heavy (non-hydrogen) atoms. The standard InChI is InChI=1S/C42H39FN10O5S/c43-33-20-27(19-31-32(33)23-51(39(31)56)37(38(55)47-41-44-10-17-59-41)36-34-2-1-11-50(34)24-45-36)26-4-6-29(7-5-26)49-15-13-48(14-16-49)21-25-3-8-30-28(18-25)22-53(40(30)57)52-12-9-35(54)46-42(52)58/h3-8,10,17-20,24,37H,1-2,9,11-16,21-23H2,(H,44,47,55)(H,46,54,58). The molecule has 0 aliphatic carbocycles. The van der Waals surface area contributed by atoms with E-state index in [4.69, 9.17) is 0 Å². The molecule has 1 atom stereocenters. The molecule has 2 fully saturated rings. The number of piperazine rings is 1. The lowest BCUT2D eigenvalue weighted by Crippen LogP contribution is -2.56. The fourth-order valence-electron chi connectivity index (χ4n) is 8.89. The van der Waals surface area contributed by atoms with Crippen LogP contribution in [0, 0.1) is 5.82 Å². The van der Waals surface area contributed by atoms with Gasteiger partial charge in [-0.25, -0.2) is 29.2 Å². The Hall–Kier alpha value is -6.46. The number of imide groups is 1. The van der Waals surface area contributed by atoms with Crippen molar-refractivity contribution in [1.29, 1.82) is 0 Å². The van der Waals surface area contributed by atoms with Crippen molar-refractivity contribution in [2.75, 3.05) is 42.9 Å². The quantitative estimate of drug-likeness (QED) is 0.218. The van der Waals surface area contributed by atoms with Crippen molar-refractivity contribution in [2.24, 2.45) is 0 Å². The number of nitrogens with one attached hydrogen (secondary N) is 2. The van der Waals surface area contributed by atoms with E-state index in [1.54, 1.807) is 24.0 Å². The highest BCUT2D eigenvalue weighted by molar-refractivity contribution is 7.13. The zero-order valence-electron chi connectivity index (χ0n) is 31.9. The number of hydrogen-bond donors (Lipinski definition) is 2. The molecule has 0 spiro atoms. The molecule has 2 aromatic heterocycles. The van der Waals surface area contributed by atoms with E-state index in [1.165, 1.54) is 32.3 Å². The van der Waals surface area contributed by atoms with Gasteiger partial charge in [-0.05, 0) is 65.4 Å². The van der Waals surface area contributed by atoms with Crippen molar-refractivity contribution < 1.29 is 28.4 Å². The third-order valence-electron chi connectivity index (χ3n) is 11.9. The Kier molecular flexibility index (Phi) is 9.20. The number of thiazole rings is 1. The fourth-order valence-corrected chi connectivity index (χ4v) is 9.42. The number of halogens is 1. The summed E-state index contributed by atoms with van der Waals surface area (Å²) in [6.45, 7) is 5.15. The van der Waals surface area contributed by atoms with Crippen LogP contribution >= 0.6 is 11.3 Å². The molecular formula is C42H39FN10O5S. The van der Waals surface area contributed by atoms with E-state index in [0.29, 0.717) is 28.5 Å². The molecule has 10 rings (SSSR count). The number of aryl methyl sites for hydroxylation is 1. The third kappa shape index (κ3) is 6.69. The maximum Gasteiger partial charge on any atom is 0.342 e. The van der Waals surface area contributed by atoms with Crippen LogP contribution in [0.2, 0.25) is 0 Å². The lowest BCUT2D eigenvalue weighted by atomic mass is 9.99. The minimum Gasteiger partial charge on any atom is -0.369 e. The molecule has 15 nitrogen and oxygen atoms in total. The van der Waals surface area contributed by atoms with Crippen molar-refractivity contribution >= 4 is 51.8 Å². The summed E-state index contributed by atoms with van der Waals surface area (Å²) in [5, 5.41) is 10.0. The third-order valence-corrected chi connectivity index (χ3v) is 12.6. The number of nitrogens with zero attached hydrogens (tertiary/aromatic N) is 8. The van der Waals surface area contributed by atoms with Gasteiger partial charge in [-0.1, -0.05) is 24.3 Å². The molecular weight excluding hydrogens is 776 g/mol. The van der Waals surface area contributed by atoms with Crippen molar-refractivity contribution in [3.63, 3.8) is 0 Å². The molecule has 0 bridgehead atoms. The first kappa shape index (κ1) is 36.9.